The number of hydrogen-bond acceptors (Lipinski definition) is 6. The van der Waals surface area contributed by atoms with Crippen molar-refractivity contribution in [1.29, 1.82) is 0 Å². The molecule has 0 spiro atoms. The number of methoxy groups -OCH3 is 2. The zero-order valence-electron chi connectivity index (χ0n) is 14.1. The summed E-state index contributed by atoms with van der Waals surface area (Å²) in [5.41, 5.74) is 1.80. The van der Waals surface area contributed by atoms with Crippen LogP contribution in [0.3, 0.4) is 0 Å². The van der Waals surface area contributed by atoms with Crippen LogP contribution in [0, 0.1) is 6.92 Å². The molecule has 2 aromatic carbocycles. The van der Waals surface area contributed by atoms with E-state index in [-0.39, 0.29) is 5.91 Å². The van der Waals surface area contributed by atoms with Crippen LogP contribution >= 0.6 is 0 Å². The molecule has 1 amide bonds. The Morgan fingerprint density at radius 3 is 2.52 bits per heavy atom. The summed E-state index contributed by atoms with van der Waals surface area (Å²) in [4.78, 5) is 12.5. The van der Waals surface area contributed by atoms with Gasteiger partial charge in [0.25, 0.3) is 5.91 Å². The lowest BCUT2D eigenvalue weighted by Crippen LogP contribution is -2.12. The Hall–Kier alpha value is -3.35. The molecule has 3 aromatic rings. The summed E-state index contributed by atoms with van der Waals surface area (Å²) in [6, 6.07) is 12.2. The van der Waals surface area contributed by atoms with Crippen molar-refractivity contribution in [2.75, 3.05) is 19.5 Å². The van der Waals surface area contributed by atoms with Gasteiger partial charge in [0.05, 0.1) is 14.2 Å². The number of hydrogen-bond donors (Lipinski definition) is 1. The molecule has 0 aliphatic rings. The minimum absolute atomic E-state index is 0.264. The molecule has 1 N–H and O–H groups in total. The minimum atomic E-state index is -0.264. The van der Waals surface area contributed by atoms with Crippen molar-refractivity contribution in [2.45, 2.75) is 6.92 Å². The Morgan fingerprint density at radius 1 is 1.04 bits per heavy atom. The second kappa shape index (κ2) is 7.04. The van der Waals surface area contributed by atoms with E-state index in [0.717, 1.165) is 5.56 Å². The molecule has 25 heavy (non-hydrogen) atoms. The Balaban J connectivity index is 1.81. The summed E-state index contributed by atoms with van der Waals surface area (Å²) in [5.74, 6) is 1.67. The van der Waals surface area contributed by atoms with E-state index >= 15 is 0 Å². The maximum absolute atomic E-state index is 12.5. The van der Waals surface area contributed by atoms with Crippen LogP contribution in [0.4, 0.5) is 5.69 Å². The van der Waals surface area contributed by atoms with E-state index < -0.39 is 0 Å². The zero-order chi connectivity index (χ0) is 17.8. The average molecular weight is 339 g/mol. The Kier molecular flexibility index (Phi) is 4.65. The zero-order valence-corrected chi connectivity index (χ0v) is 14.1. The number of nitrogens with zero attached hydrogens (tertiary/aromatic N) is 2. The largest absolute Gasteiger partial charge is 0.493 e. The lowest BCUT2D eigenvalue weighted by molar-refractivity contribution is 0.102. The van der Waals surface area contributed by atoms with Crippen LogP contribution in [0.15, 0.2) is 46.9 Å². The molecular formula is C18H17N3O4. The first-order valence-corrected chi connectivity index (χ1v) is 7.54. The van der Waals surface area contributed by atoms with Crippen molar-refractivity contribution >= 4 is 11.6 Å². The van der Waals surface area contributed by atoms with Gasteiger partial charge in [-0.15, -0.1) is 10.2 Å². The predicted octanol–water partition coefficient (Wildman–Crippen LogP) is 3.31. The van der Waals surface area contributed by atoms with Gasteiger partial charge in [-0.3, -0.25) is 4.79 Å². The quantitative estimate of drug-likeness (QED) is 0.767. The average Bonchev–Trinajstić information content (AvgIpc) is 3.07. The number of aryl methyl sites for hydroxylation is 1. The first-order chi connectivity index (χ1) is 12.1. The fraction of sp³-hybridized carbons (Fsp3) is 0.167. The van der Waals surface area contributed by atoms with Gasteiger partial charge in [-0.25, -0.2) is 0 Å². The minimum Gasteiger partial charge on any atom is -0.493 e. The van der Waals surface area contributed by atoms with Crippen molar-refractivity contribution in [3.63, 3.8) is 0 Å². The highest BCUT2D eigenvalue weighted by Crippen LogP contribution is 2.28. The summed E-state index contributed by atoms with van der Waals surface area (Å²) in [6.45, 7) is 1.72. The fourth-order valence-electron chi connectivity index (χ4n) is 2.32. The van der Waals surface area contributed by atoms with Crippen LogP contribution in [0.5, 0.6) is 11.5 Å². The molecule has 7 heteroatoms. The van der Waals surface area contributed by atoms with E-state index in [1.165, 1.54) is 7.11 Å². The number of carbonyl (C=O) groups is 1. The first-order valence-electron chi connectivity index (χ1n) is 7.54. The number of aromatic nitrogens is 2. The summed E-state index contributed by atoms with van der Waals surface area (Å²) < 4.78 is 15.8. The van der Waals surface area contributed by atoms with Gasteiger partial charge in [0.2, 0.25) is 11.8 Å². The predicted molar refractivity (Wildman–Crippen MR) is 92.0 cm³/mol. The molecule has 0 aliphatic heterocycles. The molecular weight excluding hydrogens is 322 g/mol. The van der Waals surface area contributed by atoms with Crippen molar-refractivity contribution in [2.24, 2.45) is 0 Å². The summed E-state index contributed by atoms with van der Waals surface area (Å²) in [7, 11) is 3.07. The number of anilines is 1. The van der Waals surface area contributed by atoms with Crippen LogP contribution in [-0.2, 0) is 0 Å². The van der Waals surface area contributed by atoms with E-state index in [9.17, 15) is 4.79 Å². The molecule has 0 atom stereocenters. The number of ether oxygens (including phenoxy) is 2. The fourth-order valence-corrected chi connectivity index (χ4v) is 2.32. The number of nitrogens with one attached hydrogen (secondary N) is 1. The number of carbonyl (C=O) groups excluding carboxylic acids is 1. The summed E-state index contributed by atoms with van der Waals surface area (Å²) in [5, 5.41) is 10.6. The number of amides is 1. The van der Waals surface area contributed by atoms with Gasteiger partial charge >= 0.3 is 0 Å². The number of benzene rings is 2. The third-order valence-electron chi connectivity index (χ3n) is 3.54. The highest BCUT2D eigenvalue weighted by atomic mass is 16.5. The van der Waals surface area contributed by atoms with E-state index in [4.69, 9.17) is 13.9 Å². The van der Waals surface area contributed by atoms with Crippen molar-refractivity contribution in [3.8, 4) is 23.0 Å². The van der Waals surface area contributed by atoms with Crippen molar-refractivity contribution in [3.05, 3.63) is 53.9 Å². The standard InChI is InChI=1S/C18H17N3O4/c1-11-20-21-18(25-11)13-5-4-6-14(9-13)19-17(22)12-7-8-15(23-2)16(10-12)24-3/h4-10H,1-3H3,(H,19,22). The molecule has 1 aromatic heterocycles. The molecule has 0 bridgehead atoms. The highest BCUT2D eigenvalue weighted by Gasteiger charge is 2.12. The summed E-state index contributed by atoms with van der Waals surface area (Å²) >= 11 is 0. The molecule has 1 heterocycles. The maximum atomic E-state index is 12.5. The van der Waals surface area contributed by atoms with E-state index in [1.54, 1.807) is 50.4 Å². The van der Waals surface area contributed by atoms with Gasteiger partial charge in [-0.1, -0.05) is 6.07 Å². The number of rotatable bonds is 5. The Morgan fingerprint density at radius 2 is 1.84 bits per heavy atom. The van der Waals surface area contributed by atoms with E-state index in [2.05, 4.69) is 15.5 Å². The van der Waals surface area contributed by atoms with E-state index in [0.29, 0.717) is 34.5 Å². The topological polar surface area (TPSA) is 86.5 Å². The monoisotopic (exact) mass is 339 g/mol. The van der Waals surface area contributed by atoms with Crippen LogP contribution in [0.25, 0.3) is 11.5 Å². The molecule has 7 nitrogen and oxygen atoms in total. The van der Waals surface area contributed by atoms with E-state index in [1.807, 2.05) is 6.07 Å². The van der Waals surface area contributed by atoms with Gasteiger partial charge in [-0.05, 0) is 36.4 Å². The van der Waals surface area contributed by atoms with Gasteiger partial charge in [0, 0.05) is 23.7 Å². The van der Waals surface area contributed by atoms with Crippen LogP contribution in [-0.4, -0.2) is 30.3 Å². The van der Waals surface area contributed by atoms with Crippen LogP contribution in [0.2, 0.25) is 0 Å². The SMILES string of the molecule is COc1ccc(C(=O)Nc2cccc(-c3nnc(C)o3)c2)cc1OC. The molecule has 0 saturated carbocycles. The lowest BCUT2D eigenvalue weighted by atomic mass is 10.1. The highest BCUT2D eigenvalue weighted by molar-refractivity contribution is 6.04. The molecule has 3 rings (SSSR count). The van der Waals surface area contributed by atoms with Gasteiger partial charge in [0.15, 0.2) is 11.5 Å². The first kappa shape index (κ1) is 16.5. The molecule has 0 aliphatic carbocycles. The van der Waals surface area contributed by atoms with Crippen LogP contribution < -0.4 is 14.8 Å². The van der Waals surface area contributed by atoms with Gasteiger partial charge in [0.1, 0.15) is 0 Å². The Bertz CT molecular complexity index is 905. The van der Waals surface area contributed by atoms with Gasteiger partial charge in [-0.2, -0.15) is 0 Å². The maximum Gasteiger partial charge on any atom is 0.255 e. The van der Waals surface area contributed by atoms with Crippen LogP contribution in [0.1, 0.15) is 16.2 Å². The van der Waals surface area contributed by atoms with Crippen molar-refractivity contribution in [1.82, 2.24) is 10.2 Å². The molecule has 128 valence electrons. The lowest BCUT2D eigenvalue weighted by Gasteiger charge is -2.10. The smallest absolute Gasteiger partial charge is 0.255 e. The third-order valence-corrected chi connectivity index (χ3v) is 3.54. The van der Waals surface area contributed by atoms with Gasteiger partial charge < -0.3 is 19.2 Å². The molecule has 0 radical (unpaired) electrons. The summed E-state index contributed by atoms with van der Waals surface area (Å²) in [6.07, 6.45) is 0. The second-order valence-corrected chi connectivity index (χ2v) is 5.23. The Labute approximate surface area is 144 Å². The third kappa shape index (κ3) is 3.60. The molecule has 0 saturated heterocycles. The normalized spacial score (nSPS) is 10.4. The second-order valence-electron chi connectivity index (χ2n) is 5.23. The van der Waals surface area contributed by atoms with Crippen molar-refractivity contribution < 1.29 is 18.7 Å². The molecule has 0 unspecified atom stereocenters. The molecule has 0 fully saturated rings.